The second-order valence-electron chi connectivity index (χ2n) is 49.4. The average Bonchev–Trinajstić information content (AvgIpc) is 0.835. The van der Waals surface area contributed by atoms with Gasteiger partial charge in [-0.1, -0.05) is 75.7 Å². The molecule has 0 aromatic carbocycles. The van der Waals surface area contributed by atoms with Crippen LogP contribution in [0.4, 0.5) is 0 Å². The third-order valence-corrected chi connectivity index (χ3v) is 23.5. The maximum Gasteiger partial charge on any atom is 0.0628 e. The van der Waals surface area contributed by atoms with Gasteiger partial charge in [0.2, 0.25) is 0 Å². The summed E-state index contributed by atoms with van der Waals surface area (Å²) in [4.78, 5) is 28.4. The molecule has 22 nitrogen and oxygen atoms in total. The summed E-state index contributed by atoms with van der Waals surface area (Å²) in [5, 5.41) is 3.45. The molecule has 0 amide bonds. The molecule has 816 valence electrons. The van der Waals surface area contributed by atoms with E-state index in [0.717, 1.165) is 188 Å². The number of hydrogen-bond acceptors (Lipinski definition) is 22. The molecule has 0 spiro atoms. The lowest BCUT2D eigenvalue weighted by Crippen LogP contribution is -2.48. The third kappa shape index (κ3) is 110. The second-order valence-corrected chi connectivity index (χ2v) is 49.4. The van der Waals surface area contributed by atoms with Crippen LogP contribution in [0.2, 0.25) is 0 Å². The minimum Gasteiger partial charge on any atom is -0.383 e. The Morgan fingerprint density at radius 1 is 0.313 bits per heavy atom. The van der Waals surface area contributed by atoms with Gasteiger partial charge in [0.15, 0.2) is 0 Å². The molecule has 0 bridgehead atoms. The fourth-order valence-electron chi connectivity index (χ4n) is 14.6. The molecular weight excluding hydrogens is 1670 g/mol. The number of ether oxygens (including phenoxy) is 9. The molecule has 3 atom stereocenters. The van der Waals surface area contributed by atoms with Gasteiger partial charge < -0.3 is 107 Å². The number of methoxy groups -OCH3 is 1. The molecule has 0 aromatic rings. The van der Waals surface area contributed by atoms with E-state index in [1.165, 1.54) is 149 Å². The summed E-state index contributed by atoms with van der Waals surface area (Å²) in [6, 6.07) is 1.53. The standard InChI is InChI=1S/C15H30N2.C12H25NO.2C11H23NO.C11H25NO.C10H23NO.C9H22N2.2C9H21NO.C8H19NO.C7H17NO/c1-15(2,3)13-5-11-17(12-6-13)14-7-9-16(4)10-8-14;1-5-13-8-6-7-11(9-13)10-14-12(2,3)4;1-11(2,3)13-9-10-6-5-7-12(4)8-10;1-11(2,3)13-9-10-7-5-6-8-12(10)4;1-6-12(7-2)9-8-10-13-11(3,4)5;1-6-11(5)8-7-9-12-10(2,3)4;1-9(2,3)10-7-6-8-11(4)5;1-9(2,3)11-8-6-7-10(4)5;1-6-10(5)7-8-11-9(2,3)4;1-8(2,3)10-7-6-9(4)5;1-4-8(5-2)6-7-9-3/h13-14H,5-12H2,1-4H3;11H,5-10H2,1-4H3;2*10H,5-9H2,1-4H3;6-10H2,1-5H3;6-9H2,1-5H3;10H,6-8H2,1-5H3;2*6-8H2,1-5H3;6-7H2,1-5H3;4-7H2,1-3H3. The first-order chi connectivity index (χ1) is 61.4. The molecule has 5 aliphatic rings. The van der Waals surface area contributed by atoms with Crippen LogP contribution in [0.3, 0.4) is 0 Å². The third-order valence-electron chi connectivity index (χ3n) is 23.5. The number of nitrogens with zero attached hydrogens (tertiary/aromatic N) is 12. The monoisotopic (exact) mass is 1920 g/mol. The molecule has 0 radical (unpaired) electrons. The maximum absolute atomic E-state index is 5.83. The molecule has 0 aliphatic carbocycles. The number of hydrogen-bond donors (Lipinski definition) is 1. The highest BCUT2D eigenvalue weighted by atomic mass is 16.5. The van der Waals surface area contributed by atoms with Gasteiger partial charge in [-0.3, -0.25) is 0 Å². The Balaban J connectivity index is -0.000000338. The summed E-state index contributed by atoms with van der Waals surface area (Å²) in [7, 11) is 25.1. The zero-order valence-corrected chi connectivity index (χ0v) is 100. The minimum atomic E-state index is 0.00851. The lowest BCUT2D eigenvalue weighted by atomic mass is 9.75. The number of likely N-dealkylation sites (tertiary alicyclic amines) is 5. The van der Waals surface area contributed by atoms with Crippen LogP contribution in [0.15, 0.2) is 0 Å². The second kappa shape index (κ2) is 80.4. The van der Waals surface area contributed by atoms with Crippen molar-refractivity contribution in [1.82, 2.24) is 64.1 Å². The van der Waals surface area contributed by atoms with Gasteiger partial charge in [0.05, 0.1) is 84.4 Å². The smallest absolute Gasteiger partial charge is 0.0628 e. The quantitative estimate of drug-likeness (QED) is 0.0584. The van der Waals surface area contributed by atoms with E-state index in [0.29, 0.717) is 11.5 Å². The molecule has 134 heavy (non-hydrogen) atoms. The fourth-order valence-corrected chi connectivity index (χ4v) is 14.6. The van der Waals surface area contributed by atoms with Gasteiger partial charge in [-0.15, -0.1) is 0 Å². The van der Waals surface area contributed by atoms with Crippen molar-refractivity contribution in [1.29, 1.82) is 0 Å². The first-order valence-corrected chi connectivity index (χ1v) is 54.1. The summed E-state index contributed by atoms with van der Waals surface area (Å²) < 4.78 is 50.2. The van der Waals surface area contributed by atoms with Gasteiger partial charge in [0, 0.05) is 90.4 Å². The summed E-state index contributed by atoms with van der Waals surface area (Å²) >= 11 is 0. The van der Waals surface area contributed by atoms with Gasteiger partial charge in [0.1, 0.15) is 0 Å². The summed E-state index contributed by atoms with van der Waals surface area (Å²) in [5.74, 6) is 2.44. The Morgan fingerprint density at radius 2 is 0.687 bits per heavy atom. The Bertz CT molecular complexity index is 2460. The molecule has 0 aromatic heterocycles. The van der Waals surface area contributed by atoms with E-state index in [4.69, 9.17) is 42.6 Å². The molecule has 5 rings (SSSR count). The van der Waals surface area contributed by atoms with Crippen LogP contribution >= 0.6 is 0 Å². The Labute approximate surface area is 841 Å². The van der Waals surface area contributed by atoms with Gasteiger partial charge in [-0.25, -0.2) is 0 Å². The molecule has 5 aliphatic heterocycles. The van der Waals surface area contributed by atoms with Crippen molar-refractivity contribution in [3.05, 3.63) is 0 Å². The highest BCUT2D eigenvalue weighted by molar-refractivity contribution is 4.87. The Morgan fingerprint density at radius 3 is 1.06 bits per heavy atom. The Hall–Kier alpha value is -0.880. The van der Waals surface area contributed by atoms with E-state index in [2.05, 4.69) is 384 Å². The number of rotatable bonds is 39. The van der Waals surface area contributed by atoms with E-state index in [-0.39, 0.29) is 50.3 Å². The zero-order chi connectivity index (χ0) is 105. The topological polar surface area (TPSA) is 134 Å². The lowest BCUT2D eigenvalue weighted by molar-refractivity contribution is -0.0380. The lowest BCUT2D eigenvalue weighted by Gasteiger charge is -2.44. The summed E-state index contributed by atoms with van der Waals surface area (Å²) in [6.07, 6.45) is 19.6. The number of piperidine rings is 5. The fraction of sp³-hybridized carbons (Fsp3) is 1.00. The predicted molar refractivity (Wildman–Crippen MR) is 591 cm³/mol. The molecule has 1 N–H and O–H groups in total. The van der Waals surface area contributed by atoms with Gasteiger partial charge in [-0.05, 0) is 489 Å². The number of nitrogens with one attached hydrogen (secondary N) is 1. The van der Waals surface area contributed by atoms with E-state index in [1.54, 1.807) is 7.11 Å². The first kappa shape index (κ1) is 144. The van der Waals surface area contributed by atoms with E-state index in [9.17, 15) is 0 Å². The van der Waals surface area contributed by atoms with Crippen molar-refractivity contribution >= 4 is 0 Å². The van der Waals surface area contributed by atoms with E-state index < -0.39 is 0 Å². The van der Waals surface area contributed by atoms with Crippen LogP contribution in [0.1, 0.15) is 352 Å². The van der Waals surface area contributed by atoms with Crippen molar-refractivity contribution in [3.63, 3.8) is 0 Å². The predicted octanol–water partition coefficient (Wildman–Crippen LogP) is 21.6. The Kier molecular flexibility index (Phi) is 86.2. The van der Waals surface area contributed by atoms with Crippen molar-refractivity contribution in [2.45, 2.75) is 415 Å². The highest BCUT2D eigenvalue weighted by Crippen LogP contribution is 2.36. The van der Waals surface area contributed by atoms with Crippen LogP contribution in [0, 0.1) is 23.2 Å². The van der Waals surface area contributed by atoms with Crippen molar-refractivity contribution in [2.75, 3.05) is 301 Å². The van der Waals surface area contributed by atoms with Crippen LogP contribution in [-0.4, -0.2) is 422 Å². The molecule has 0 saturated carbocycles. The molecule has 5 fully saturated rings. The molecule has 5 saturated heterocycles. The largest absolute Gasteiger partial charge is 0.383 e. The van der Waals surface area contributed by atoms with Crippen LogP contribution in [0.5, 0.6) is 0 Å². The van der Waals surface area contributed by atoms with Crippen LogP contribution in [-0.2, 0) is 42.6 Å². The average molecular weight is 1920 g/mol. The highest BCUT2D eigenvalue weighted by Gasteiger charge is 2.33. The van der Waals surface area contributed by atoms with Crippen LogP contribution < -0.4 is 5.32 Å². The molecule has 5 heterocycles. The van der Waals surface area contributed by atoms with Crippen molar-refractivity contribution in [3.8, 4) is 0 Å². The van der Waals surface area contributed by atoms with Gasteiger partial charge in [0.25, 0.3) is 0 Å². The number of likely N-dealkylation sites (N-methyl/N-ethyl adjacent to an activating group) is 4. The first-order valence-electron chi connectivity index (χ1n) is 54.1. The van der Waals surface area contributed by atoms with Crippen molar-refractivity contribution < 1.29 is 42.6 Å². The summed E-state index contributed by atoms with van der Waals surface area (Å²) in [5.41, 5.74) is 0.916. The maximum atomic E-state index is 5.83. The minimum absolute atomic E-state index is 0.00851. The van der Waals surface area contributed by atoms with Crippen LogP contribution in [0.25, 0.3) is 0 Å². The SMILES string of the molecule is CCN(C)CCCOC(C)(C)C.CCN(C)CCOC(C)(C)C.CCN(CC)CCCOC(C)(C)C.CCN(CC)CCOC.CCN1CCCC(COC(C)(C)C)C1.CN(C)CCCNC(C)(C)C.CN(C)CCCOC(C)(C)C.CN(C)CCOC(C)(C)C.CN1CCC(N2CCC(C(C)(C)C)CC2)CC1.CN1CCCC(COC(C)(C)C)C1.CN1CCCCC1COC(C)(C)C. The molecular formula is C112H249N13O9. The zero-order valence-electron chi connectivity index (χ0n) is 100. The summed E-state index contributed by atoms with van der Waals surface area (Å²) in [6.45, 7) is 116. The van der Waals surface area contributed by atoms with E-state index in [1.807, 2.05) is 14.1 Å². The molecule has 22 heteroatoms. The van der Waals surface area contributed by atoms with Crippen molar-refractivity contribution in [2.24, 2.45) is 23.2 Å². The molecule has 3 unspecified atom stereocenters. The van der Waals surface area contributed by atoms with E-state index >= 15 is 0 Å². The van der Waals surface area contributed by atoms with Gasteiger partial charge >= 0.3 is 0 Å². The van der Waals surface area contributed by atoms with Gasteiger partial charge in [-0.2, -0.15) is 0 Å². The normalized spacial score (nSPS) is 18.3.